The zero-order valence-corrected chi connectivity index (χ0v) is 21.6. The van der Waals surface area contributed by atoms with Crippen molar-refractivity contribution < 1.29 is 14.3 Å². The van der Waals surface area contributed by atoms with Gasteiger partial charge in [-0.25, -0.2) is 9.79 Å². The summed E-state index contributed by atoms with van der Waals surface area (Å²) in [6.45, 7) is 7.22. The van der Waals surface area contributed by atoms with Crippen LogP contribution >= 0.6 is 23.4 Å². The van der Waals surface area contributed by atoms with Crippen LogP contribution in [0, 0.1) is 0 Å². The Morgan fingerprint density at radius 1 is 1.09 bits per heavy atom. The van der Waals surface area contributed by atoms with E-state index in [9.17, 15) is 9.59 Å². The third-order valence-electron chi connectivity index (χ3n) is 6.07. The van der Waals surface area contributed by atoms with Gasteiger partial charge in [0.25, 0.3) is 0 Å². The van der Waals surface area contributed by atoms with Gasteiger partial charge in [-0.05, 0) is 49.4 Å². The van der Waals surface area contributed by atoms with Crippen LogP contribution in [0.25, 0.3) is 0 Å². The van der Waals surface area contributed by atoms with Crippen molar-refractivity contribution in [2.24, 2.45) is 4.99 Å². The van der Waals surface area contributed by atoms with E-state index < -0.39 is 12.0 Å². The lowest BCUT2D eigenvalue weighted by atomic mass is 9.94. The number of halogens is 1. The van der Waals surface area contributed by atoms with Gasteiger partial charge in [0.1, 0.15) is 6.61 Å². The van der Waals surface area contributed by atoms with Crippen molar-refractivity contribution in [3.8, 4) is 0 Å². The number of aliphatic imine (C=N–C) groups is 1. The number of nitrogens with zero attached hydrogens (tertiary/aromatic N) is 3. The van der Waals surface area contributed by atoms with Crippen LogP contribution in [0.5, 0.6) is 0 Å². The third-order valence-corrected chi connectivity index (χ3v) is 7.21. The number of amidine groups is 1. The first-order valence-electron chi connectivity index (χ1n) is 11.6. The lowest BCUT2D eigenvalue weighted by molar-refractivity contribution is -0.141. The van der Waals surface area contributed by atoms with Crippen molar-refractivity contribution >= 4 is 40.4 Å². The summed E-state index contributed by atoms with van der Waals surface area (Å²) in [6.07, 6.45) is 0.225. The predicted molar refractivity (Wildman–Crippen MR) is 141 cm³/mol. The summed E-state index contributed by atoms with van der Waals surface area (Å²) in [5.74, 6) is -0.391. The number of carbonyl (C=O) groups is 2. The number of benzene rings is 2. The van der Waals surface area contributed by atoms with Crippen LogP contribution in [0.2, 0.25) is 5.02 Å². The summed E-state index contributed by atoms with van der Waals surface area (Å²) < 4.78 is 5.73. The minimum Gasteiger partial charge on any atom is -0.457 e. The molecule has 0 saturated heterocycles. The normalized spacial score (nSPS) is 17.0. The van der Waals surface area contributed by atoms with Crippen LogP contribution in [-0.4, -0.2) is 39.9 Å². The Kier molecular flexibility index (Phi) is 7.98. The molecule has 0 saturated carbocycles. The largest absolute Gasteiger partial charge is 0.457 e. The predicted octanol–water partition coefficient (Wildman–Crippen LogP) is 5.92. The number of hydrogen-bond donors (Lipinski definition) is 0. The van der Waals surface area contributed by atoms with Gasteiger partial charge in [-0.3, -0.25) is 4.79 Å². The molecule has 1 amide bonds. The van der Waals surface area contributed by atoms with Crippen molar-refractivity contribution in [3.05, 3.63) is 93.1 Å². The molecule has 0 aliphatic carbocycles. The average molecular weight is 510 g/mol. The molecule has 0 spiro atoms. The zero-order valence-electron chi connectivity index (χ0n) is 20.0. The van der Waals surface area contributed by atoms with E-state index in [2.05, 4.69) is 0 Å². The number of fused-ring (bicyclic) bond motifs is 1. The number of ether oxygens (including phenoxy) is 1. The van der Waals surface area contributed by atoms with E-state index in [1.54, 1.807) is 17.0 Å². The van der Waals surface area contributed by atoms with Gasteiger partial charge in [-0.2, -0.15) is 0 Å². The molecule has 35 heavy (non-hydrogen) atoms. The summed E-state index contributed by atoms with van der Waals surface area (Å²) in [5, 5.41) is 3.30. The molecule has 2 aliphatic heterocycles. The minimum absolute atomic E-state index is 0.0393. The second-order valence-corrected chi connectivity index (χ2v) is 9.52. The lowest BCUT2D eigenvalue weighted by Crippen LogP contribution is -2.38. The number of thioether (sulfide) groups is 1. The molecule has 0 radical (unpaired) electrons. The van der Waals surface area contributed by atoms with Gasteiger partial charge in [0.15, 0.2) is 5.17 Å². The van der Waals surface area contributed by atoms with Gasteiger partial charge in [0, 0.05) is 23.8 Å². The number of esters is 1. The molecule has 1 atom stereocenters. The highest BCUT2D eigenvalue weighted by Crippen LogP contribution is 2.45. The molecular weight excluding hydrogens is 482 g/mol. The first-order chi connectivity index (χ1) is 16.9. The summed E-state index contributed by atoms with van der Waals surface area (Å²) in [4.78, 5) is 34.9. The Bertz CT molecular complexity index is 1190. The maximum absolute atomic E-state index is 13.4. The van der Waals surface area contributed by atoms with Crippen molar-refractivity contribution in [1.29, 1.82) is 0 Å². The van der Waals surface area contributed by atoms with E-state index in [1.165, 1.54) is 11.8 Å². The summed E-state index contributed by atoms with van der Waals surface area (Å²) in [7, 11) is 0. The second kappa shape index (κ2) is 11.1. The Hall–Kier alpha value is -3.03. The SMILES string of the molecule is CCN(CC)C(=O)CC1=CSC2=NC(C)=C(C(=O)OCc3ccccc3)[C@H](c3ccc(Cl)cc3)N12. The van der Waals surface area contributed by atoms with Gasteiger partial charge < -0.3 is 14.5 Å². The molecular formula is C27H28ClN3O3S. The maximum Gasteiger partial charge on any atom is 0.338 e. The Morgan fingerprint density at radius 2 is 1.77 bits per heavy atom. The van der Waals surface area contributed by atoms with Gasteiger partial charge in [-0.15, -0.1) is 0 Å². The van der Waals surface area contributed by atoms with E-state index in [1.807, 2.05) is 73.5 Å². The van der Waals surface area contributed by atoms with Crippen LogP contribution in [0.15, 0.2) is 82.0 Å². The van der Waals surface area contributed by atoms with E-state index in [4.69, 9.17) is 21.3 Å². The molecule has 0 fully saturated rings. The molecule has 2 heterocycles. The van der Waals surface area contributed by atoms with Crippen molar-refractivity contribution in [3.63, 3.8) is 0 Å². The quantitative estimate of drug-likeness (QED) is 0.413. The highest BCUT2D eigenvalue weighted by atomic mass is 35.5. The molecule has 2 aromatic rings. The smallest absolute Gasteiger partial charge is 0.338 e. The van der Waals surface area contributed by atoms with E-state index >= 15 is 0 Å². The number of hydrogen-bond acceptors (Lipinski definition) is 6. The fourth-order valence-electron chi connectivity index (χ4n) is 4.24. The summed E-state index contributed by atoms with van der Waals surface area (Å²) in [5.41, 5.74) is 3.65. The molecule has 2 aliphatic rings. The lowest BCUT2D eigenvalue weighted by Gasteiger charge is -2.36. The monoisotopic (exact) mass is 509 g/mol. The van der Waals surface area contributed by atoms with Gasteiger partial charge in [-0.1, -0.05) is 65.8 Å². The van der Waals surface area contributed by atoms with Crippen LogP contribution in [0.1, 0.15) is 44.4 Å². The number of allylic oxidation sites excluding steroid dienone is 1. The van der Waals surface area contributed by atoms with E-state index in [-0.39, 0.29) is 18.9 Å². The fourth-order valence-corrected chi connectivity index (χ4v) is 5.33. The summed E-state index contributed by atoms with van der Waals surface area (Å²) in [6, 6.07) is 16.5. The van der Waals surface area contributed by atoms with Gasteiger partial charge in [0.2, 0.25) is 5.91 Å². The van der Waals surface area contributed by atoms with Gasteiger partial charge >= 0.3 is 5.97 Å². The highest BCUT2D eigenvalue weighted by molar-refractivity contribution is 8.16. The topological polar surface area (TPSA) is 62.2 Å². The van der Waals surface area contributed by atoms with Crippen LogP contribution in [0.4, 0.5) is 0 Å². The Balaban J connectivity index is 1.68. The van der Waals surface area contributed by atoms with Crippen molar-refractivity contribution in [2.75, 3.05) is 13.1 Å². The molecule has 182 valence electrons. The van der Waals surface area contributed by atoms with Crippen LogP contribution in [0.3, 0.4) is 0 Å². The molecule has 0 aromatic heterocycles. The van der Waals surface area contributed by atoms with Crippen LogP contribution in [-0.2, 0) is 20.9 Å². The van der Waals surface area contributed by atoms with Crippen LogP contribution < -0.4 is 0 Å². The first-order valence-corrected chi connectivity index (χ1v) is 12.9. The number of amides is 1. The molecule has 2 aromatic carbocycles. The molecule has 0 unspecified atom stereocenters. The first kappa shape index (κ1) is 25.1. The zero-order chi connectivity index (χ0) is 24.9. The highest BCUT2D eigenvalue weighted by Gasteiger charge is 2.41. The number of rotatable bonds is 8. The minimum atomic E-state index is -0.478. The Labute approximate surface area is 215 Å². The van der Waals surface area contributed by atoms with Crippen molar-refractivity contribution in [1.82, 2.24) is 9.80 Å². The molecule has 6 nitrogen and oxygen atoms in total. The third kappa shape index (κ3) is 5.46. The van der Waals surface area contributed by atoms with E-state index in [0.717, 1.165) is 22.0 Å². The molecule has 8 heteroatoms. The summed E-state index contributed by atoms with van der Waals surface area (Å²) >= 11 is 7.63. The van der Waals surface area contributed by atoms with Gasteiger partial charge in [0.05, 0.1) is 23.7 Å². The standard InChI is InChI=1S/C27H28ClN3O3S/c1-4-30(5-2)23(32)15-22-17-35-27-29-18(3)24(26(33)34-16-19-9-7-6-8-10-19)25(31(22)27)20-11-13-21(28)14-12-20/h6-14,17,25H,4-5,15-16H2,1-3H3/t25-/m0/s1. The van der Waals surface area contributed by atoms with E-state index in [0.29, 0.717) is 29.4 Å². The van der Waals surface area contributed by atoms with Crippen molar-refractivity contribution in [2.45, 2.75) is 39.8 Å². The fraction of sp³-hybridized carbons (Fsp3) is 0.296. The number of carbonyl (C=O) groups excluding carboxylic acids is 2. The Morgan fingerprint density at radius 3 is 2.43 bits per heavy atom. The average Bonchev–Trinajstić information content (AvgIpc) is 3.25. The molecule has 0 N–H and O–H groups in total. The maximum atomic E-state index is 13.4. The second-order valence-electron chi connectivity index (χ2n) is 8.25. The molecule has 4 rings (SSSR count). The molecule has 0 bridgehead atoms.